The highest BCUT2D eigenvalue weighted by Gasteiger charge is 2.31. The smallest absolute Gasteiger partial charge is 0.259 e. The zero-order chi connectivity index (χ0) is 19.7. The molecule has 2 heterocycles. The number of aliphatic hydroxyl groups excluding tert-OH is 1. The maximum Gasteiger partial charge on any atom is 0.259 e. The first-order valence-corrected chi connectivity index (χ1v) is 11.0. The van der Waals surface area contributed by atoms with Gasteiger partial charge in [-0.25, -0.2) is 4.98 Å². The molecular formula is C21H29N3O3S. The molecule has 2 aliphatic rings. The van der Waals surface area contributed by atoms with Gasteiger partial charge in [-0.3, -0.25) is 9.69 Å². The summed E-state index contributed by atoms with van der Waals surface area (Å²) in [5.41, 5.74) is 1.20. The highest BCUT2D eigenvalue weighted by atomic mass is 32.1. The number of aromatic nitrogens is 2. The van der Waals surface area contributed by atoms with E-state index in [4.69, 9.17) is 9.72 Å². The van der Waals surface area contributed by atoms with E-state index in [-0.39, 0.29) is 12.2 Å². The molecule has 1 saturated carbocycles. The van der Waals surface area contributed by atoms with Crippen LogP contribution in [0, 0.1) is 5.92 Å². The van der Waals surface area contributed by atoms with E-state index in [1.807, 2.05) is 0 Å². The maximum absolute atomic E-state index is 12.8. The molecule has 0 saturated heterocycles. The molecule has 28 heavy (non-hydrogen) atoms. The summed E-state index contributed by atoms with van der Waals surface area (Å²) in [7, 11) is 0. The second-order valence-electron chi connectivity index (χ2n) is 8.19. The van der Waals surface area contributed by atoms with Crippen LogP contribution in [0.5, 0.6) is 0 Å². The van der Waals surface area contributed by atoms with Gasteiger partial charge in [-0.1, -0.05) is 13.0 Å². The molecular weight excluding hydrogens is 374 g/mol. The van der Waals surface area contributed by atoms with Crippen LogP contribution in [0.3, 0.4) is 0 Å². The lowest BCUT2D eigenvalue weighted by atomic mass is 9.89. The number of ether oxygens (including phenoxy) is 1. The Bertz CT molecular complexity index is 902. The van der Waals surface area contributed by atoms with E-state index in [1.54, 1.807) is 17.4 Å². The minimum atomic E-state index is -0.563. The summed E-state index contributed by atoms with van der Waals surface area (Å²) in [6.45, 7) is 7.68. The number of nitrogens with one attached hydrogen (secondary N) is 1. The molecule has 2 aromatic rings. The molecule has 1 fully saturated rings. The Labute approximate surface area is 169 Å². The zero-order valence-electron chi connectivity index (χ0n) is 16.4. The third kappa shape index (κ3) is 4.38. The molecule has 2 aromatic heterocycles. The molecule has 2 N–H and O–H groups in total. The number of hydrogen-bond donors (Lipinski definition) is 2. The van der Waals surface area contributed by atoms with Gasteiger partial charge < -0.3 is 14.8 Å². The van der Waals surface area contributed by atoms with Gasteiger partial charge in [0, 0.05) is 17.5 Å². The molecule has 2 atom stereocenters. The summed E-state index contributed by atoms with van der Waals surface area (Å²) in [4.78, 5) is 25.0. The van der Waals surface area contributed by atoms with Crippen LogP contribution in [0.15, 0.2) is 17.4 Å². The van der Waals surface area contributed by atoms with E-state index in [0.717, 1.165) is 42.3 Å². The summed E-state index contributed by atoms with van der Waals surface area (Å²) in [5, 5.41) is 11.1. The fourth-order valence-corrected chi connectivity index (χ4v) is 5.46. The predicted molar refractivity (Wildman–Crippen MR) is 112 cm³/mol. The van der Waals surface area contributed by atoms with Gasteiger partial charge in [0.2, 0.25) is 0 Å². The predicted octanol–water partition coefficient (Wildman–Crippen LogP) is 2.64. The van der Waals surface area contributed by atoms with Crippen molar-refractivity contribution in [3.63, 3.8) is 0 Å². The SMILES string of the molecule is C=CCOC[C@H](O)CN(Cc1nc2sc3c(c2c(=O)[nH]1)CC[C@H](C)C3)C1CC1. The van der Waals surface area contributed by atoms with Crippen molar-refractivity contribution in [2.45, 2.75) is 57.7 Å². The van der Waals surface area contributed by atoms with Crippen LogP contribution in [0.25, 0.3) is 10.2 Å². The quantitative estimate of drug-likeness (QED) is 0.497. The first-order valence-electron chi connectivity index (χ1n) is 10.2. The average molecular weight is 404 g/mol. The standard InChI is InChI=1S/C21H29N3O3S/c1-3-8-27-12-15(25)10-24(14-5-6-14)11-18-22-20(26)19-16-7-4-13(2)9-17(16)28-21(19)23-18/h3,13-15,25H,1,4-12H2,2H3,(H,22,23,26)/t13-,15+/m0/s1. The average Bonchev–Trinajstić information content (AvgIpc) is 3.42. The zero-order valence-corrected chi connectivity index (χ0v) is 17.3. The molecule has 2 aliphatic carbocycles. The van der Waals surface area contributed by atoms with E-state index >= 15 is 0 Å². The van der Waals surface area contributed by atoms with Gasteiger partial charge >= 0.3 is 0 Å². The van der Waals surface area contributed by atoms with Gasteiger partial charge in [-0.05, 0) is 43.6 Å². The number of aryl methyl sites for hydroxylation is 1. The molecule has 0 bridgehead atoms. The van der Waals surface area contributed by atoms with Crippen LogP contribution >= 0.6 is 11.3 Å². The second-order valence-corrected chi connectivity index (χ2v) is 9.27. The Morgan fingerprint density at radius 1 is 1.46 bits per heavy atom. The topological polar surface area (TPSA) is 78.5 Å². The van der Waals surface area contributed by atoms with Gasteiger partial charge in [0.15, 0.2) is 0 Å². The molecule has 0 unspecified atom stereocenters. The normalized spacial score (nSPS) is 20.5. The van der Waals surface area contributed by atoms with Crippen molar-refractivity contribution < 1.29 is 9.84 Å². The van der Waals surface area contributed by atoms with Gasteiger partial charge in [0.1, 0.15) is 10.7 Å². The summed E-state index contributed by atoms with van der Waals surface area (Å²) in [6.07, 6.45) is 6.53. The number of nitrogens with zero attached hydrogens (tertiary/aromatic N) is 2. The van der Waals surface area contributed by atoms with Crippen LogP contribution < -0.4 is 5.56 Å². The molecule has 4 rings (SSSR count). The Hall–Kier alpha value is -1.54. The number of fused-ring (bicyclic) bond motifs is 3. The van der Waals surface area contributed by atoms with Gasteiger partial charge in [0.25, 0.3) is 5.56 Å². The van der Waals surface area contributed by atoms with E-state index in [2.05, 4.69) is 23.4 Å². The van der Waals surface area contributed by atoms with Crippen LogP contribution in [0.1, 0.15) is 42.5 Å². The Kier molecular flexibility index (Phi) is 5.96. The maximum atomic E-state index is 12.8. The van der Waals surface area contributed by atoms with Gasteiger partial charge in [0.05, 0.1) is 31.2 Å². The minimum Gasteiger partial charge on any atom is -0.389 e. The summed E-state index contributed by atoms with van der Waals surface area (Å²) < 4.78 is 5.36. The van der Waals surface area contributed by atoms with Crippen LogP contribution in [0.2, 0.25) is 0 Å². The van der Waals surface area contributed by atoms with Crippen molar-refractivity contribution in [2.24, 2.45) is 5.92 Å². The number of thiophene rings is 1. The molecule has 0 aliphatic heterocycles. The lowest BCUT2D eigenvalue weighted by Crippen LogP contribution is -2.37. The molecule has 0 amide bonds. The molecule has 0 spiro atoms. The Morgan fingerprint density at radius 2 is 2.29 bits per heavy atom. The fraction of sp³-hybridized carbons (Fsp3) is 0.619. The third-order valence-electron chi connectivity index (χ3n) is 5.62. The van der Waals surface area contributed by atoms with Gasteiger partial charge in [-0.2, -0.15) is 0 Å². The second kappa shape index (κ2) is 8.45. The number of rotatable bonds is 9. The van der Waals surface area contributed by atoms with E-state index < -0.39 is 6.10 Å². The van der Waals surface area contributed by atoms with Crippen molar-refractivity contribution in [1.82, 2.24) is 14.9 Å². The number of hydrogen-bond acceptors (Lipinski definition) is 6. The molecule has 0 radical (unpaired) electrons. The van der Waals surface area contributed by atoms with Crippen molar-refractivity contribution in [1.29, 1.82) is 0 Å². The van der Waals surface area contributed by atoms with Crippen LogP contribution in [0.4, 0.5) is 0 Å². The highest BCUT2D eigenvalue weighted by molar-refractivity contribution is 7.18. The fourth-order valence-electron chi connectivity index (χ4n) is 4.05. The van der Waals surface area contributed by atoms with E-state index in [1.165, 1.54) is 10.4 Å². The summed E-state index contributed by atoms with van der Waals surface area (Å²) in [5.74, 6) is 1.37. The van der Waals surface area contributed by atoms with Crippen molar-refractivity contribution in [2.75, 3.05) is 19.8 Å². The van der Waals surface area contributed by atoms with E-state index in [0.29, 0.717) is 37.5 Å². The van der Waals surface area contributed by atoms with Crippen molar-refractivity contribution in [3.8, 4) is 0 Å². The molecule has 6 nitrogen and oxygen atoms in total. The van der Waals surface area contributed by atoms with Gasteiger partial charge in [-0.15, -0.1) is 17.9 Å². The number of aliphatic hydroxyl groups is 1. The number of aromatic amines is 1. The van der Waals surface area contributed by atoms with Crippen molar-refractivity contribution >= 4 is 21.6 Å². The van der Waals surface area contributed by atoms with Crippen molar-refractivity contribution in [3.05, 3.63) is 39.3 Å². The largest absolute Gasteiger partial charge is 0.389 e. The lowest BCUT2D eigenvalue weighted by molar-refractivity contribution is 0.0222. The Morgan fingerprint density at radius 3 is 3.04 bits per heavy atom. The monoisotopic (exact) mass is 403 g/mol. The number of H-pyrrole nitrogens is 1. The molecule has 7 heteroatoms. The van der Waals surface area contributed by atoms with E-state index in [9.17, 15) is 9.90 Å². The Balaban J connectivity index is 1.51. The highest BCUT2D eigenvalue weighted by Crippen LogP contribution is 2.36. The minimum absolute atomic E-state index is 0.0161. The molecule has 152 valence electrons. The summed E-state index contributed by atoms with van der Waals surface area (Å²) in [6, 6.07) is 0.451. The first kappa shape index (κ1) is 19.8. The first-order chi connectivity index (χ1) is 13.5. The van der Waals surface area contributed by atoms with Crippen LogP contribution in [-0.2, 0) is 24.1 Å². The third-order valence-corrected chi connectivity index (χ3v) is 6.77. The lowest BCUT2D eigenvalue weighted by Gasteiger charge is -2.24. The summed E-state index contributed by atoms with van der Waals surface area (Å²) >= 11 is 1.68. The van der Waals surface area contributed by atoms with Crippen LogP contribution in [-0.4, -0.2) is 51.9 Å². The molecule has 0 aromatic carbocycles.